The molecule has 1 atom stereocenters. The molecule has 0 aliphatic carbocycles. The van der Waals surface area contributed by atoms with E-state index in [1.165, 1.54) is 12.3 Å². The molecule has 2 aromatic heterocycles. The minimum absolute atomic E-state index is 0.164. The summed E-state index contributed by atoms with van der Waals surface area (Å²) in [4.78, 5) is 8.62. The summed E-state index contributed by atoms with van der Waals surface area (Å²) in [7, 11) is 0. The summed E-state index contributed by atoms with van der Waals surface area (Å²) >= 11 is 0. The van der Waals surface area contributed by atoms with E-state index in [-0.39, 0.29) is 11.9 Å². The average Bonchev–Trinajstić information content (AvgIpc) is 2.52. The standard InChI is InChI=1S/C17H16FN3/c1-2-20-17(13-9-14(18)11-19-10-13)16-8-7-12-5-3-4-6-15(12)21-16/h3-11,17,20H,2H2,1H3. The molecule has 0 aliphatic heterocycles. The highest BCUT2D eigenvalue weighted by atomic mass is 19.1. The topological polar surface area (TPSA) is 37.8 Å². The van der Waals surface area contributed by atoms with Gasteiger partial charge in [-0.05, 0) is 30.3 Å². The Labute approximate surface area is 122 Å². The maximum Gasteiger partial charge on any atom is 0.141 e. The van der Waals surface area contributed by atoms with Crippen molar-refractivity contribution in [3.8, 4) is 0 Å². The van der Waals surface area contributed by atoms with Crippen LogP contribution in [0.25, 0.3) is 10.9 Å². The number of hydrogen-bond acceptors (Lipinski definition) is 3. The number of fused-ring (bicyclic) bond motifs is 1. The Balaban J connectivity index is 2.06. The number of benzene rings is 1. The summed E-state index contributed by atoms with van der Waals surface area (Å²) in [6.45, 7) is 2.77. The largest absolute Gasteiger partial charge is 0.305 e. The number of halogens is 1. The second-order valence-corrected chi connectivity index (χ2v) is 4.86. The van der Waals surface area contributed by atoms with Crippen LogP contribution in [0, 0.1) is 5.82 Å². The van der Waals surface area contributed by atoms with E-state index in [2.05, 4.69) is 15.3 Å². The van der Waals surface area contributed by atoms with Gasteiger partial charge in [0.05, 0.1) is 23.4 Å². The van der Waals surface area contributed by atoms with E-state index in [4.69, 9.17) is 0 Å². The van der Waals surface area contributed by atoms with Crippen LogP contribution in [0.2, 0.25) is 0 Å². The monoisotopic (exact) mass is 281 g/mol. The Morgan fingerprint density at radius 3 is 2.81 bits per heavy atom. The van der Waals surface area contributed by atoms with Crippen LogP contribution in [0.3, 0.4) is 0 Å². The molecule has 0 amide bonds. The molecular formula is C17H16FN3. The van der Waals surface area contributed by atoms with Gasteiger partial charge in [0.2, 0.25) is 0 Å². The first-order valence-corrected chi connectivity index (χ1v) is 6.97. The van der Waals surface area contributed by atoms with E-state index in [0.29, 0.717) is 0 Å². The number of nitrogens with zero attached hydrogens (tertiary/aromatic N) is 2. The Bertz CT molecular complexity index is 758. The van der Waals surface area contributed by atoms with E-state index < -0.39 is 0 Å². The van der Waals surface area contributed by atoms with Crippen LogP contribution in [0.5, 0.6) is 0 Å². The van der Waals surface area contributed by atoms with Gasteiger partial charge in [-0.15, -0.1) is 0 Å². The van der Waals surface area contributed by atoms with Crippen LogP contribution in [0.15, 0.2) is 54.9 Å². The van der Waals surface area contributed by atoms with Crippen molar-refractivity contribution < 1.29 is 4.39 Å². The lowest BCUT2D eigenvalue weighted by Crippen LogP contribution is -2.23. The smallest absolute Gasteiger partial charge is 0.141 e. The Morgan fingerprint density at radius 1 is 1.14 bits per heavy atom. The second kappa shape index (κ2) is 5.97. The van der Waals surface area contributed by atoms with Crippen molar-refractivity contribution in [2.24, 2.45) is 0 Å². The lowest BCUT2D eigenvalue weighted by molar-refractivity contribution is 0.590. The molecule has 1 N–H and O–H groups in total. The fraction of sp³-hybridized carbons (Fsp3) is 0.176. The number of rotatable bonds is 4. The van der Waals surface area contributed by atoms with E-state index >= 15 is 0 Å². The fourth-order valence-electron chi connectivity index (χ4n) is 2.43. The maximum absolute atomic E-state index is 13.4. The summed E-state index contributed by atoms with van der Waals surface area (Å²) in [5.41, 5.74) is 2.57. The van der Waals surface area contributed by atoms with Gasteiger partial charge < -0.3 is 5.32 Å². The molecule has 0 saturated carbocycles. The van der Waals surface area contributed by atoms with Crippen molar-refractivity contribution in [1.29, 1.82) is 0 Å². The van der Waals surface area contributed by atoms with Crippen molar-refractivity contribution in [2.45, 2.75) is 13.0 Å². The zero-order chi connectivity index (χ0) is 14.7. The first kappa shape index (κ1) is 13.6. The van der Waals surface area contributed by atoms with Gasteiger partial charge in [-0.1, -0.05) is 31.2 Å². The summed E-state index contributed by atoms with van der Waals surface area (Å²) < 4.78 is 13.4. The number of hydrogen-bond donors (Lipinski definition) is 1. The summed E-state index contributed by atoms with van der Waals surface area (Å²) in [6, 6.07) is 13.3. The number of nitrogens with one attached hydrogen (secondary N) is 1. The van der Waals surface area contributed by atoms with Gasteiger partial charge in [-0.3, -0.25) is 9.97 Å². The van der Waals surface area contributed by atoms with Crippen molar-refractivity contribution in [3.63, 3.8) is 0 Å². The molecular weight excluding hydrogens is 265 g/mol. The van der Waals surface area contributed by atoms with Crippen molar-refractivity contribution >= 4 is 10.9 Å². The fourth-order valence-corrected chi connectivity index (χ4v) is 2.43. The van der Waals surface area contributed by atoms with E-state index in [0.717, 1.165) is 28.7 Å². The van der Waals surface area contributed by atoms with Gasteiger partial charge in [0.15, 0.2) is 0 Å². The van der Waals surface area contributed by atoms with Gasteiger partial charge in [0.1, 0.15) is 5.82 Å². The van der Waals surface area contributed by atoms with Crippen LogP contribution in [0.1, 0.15) is 24.2 Å². The molecule has 0 radical (unpaired) electrons. The Morgan fingerprint density at radius 2 is 2.00 bits per heavy atom. The molecule has 0 saturated heterocycles. The van der Waals surface area contributed by atoms with Crippen LogP contribution >= 0.6 is 0 Å². The van der Waals surface area contributed by atoms with Gasteiger partial charge in [0.25, 0.3) is 0 Å². The maximum atomic E-state index is 13.4. The molecule has 1 aromatic carbocycles. The van der Waals surface area contributed by atoms with Gasteiger partial charge in [0, 0.05) is 11.6 Å². The van der Waals surface area contributed by atoms with Gasteiger partial charge >= 0.3 is 0 Å². The van der Waals surface area contributed by atoms with Crippen LogP contribution < -0.4 is 5.32 Å². The molecule has 21 heavy (non-hydrogen) atoms. The zero-order valence-corrected chi connectivity index (χ0v) is 11.8. The molecule has 106 valence electrons. The van der Waals surface area contributed by atoms with Crippen LogP contribution in [0.4, 0.5) is 4.39 Å². The highest BCUT2D eigenvalue weighted by Gasteiger charge is 2.15. The molecule has 0 aliphatic rings. The van der Waals surface area contributed by atoms with E-state index in [9.17, 15) is 4.39 Å². The van der Waals surface area contributed by atoms with E-state index in [1.807, 2.05) is 43.3 Å². The third kappa shape index (κ3) is 2.90. The SMILES string of the molecule is CCNC(c1cncc(F)c1)c1ccc2ccccc2n1. The highest BCUT2D eigenvalue weighted by Crippen LogP contribution is 2.22. The summed E-state index contributed by atoms with van der Waals surface area (Å²) in [5, 5.41) is 4.43. The molecule has 3 nitrogen and oxygen atoms in total. The molecule has 0 fully saturated rings. The van der Waals surface area contributed by atoms with Gasteiger partial charge in [-0.2, -0.15) is 0 Å². The number of aromatic nitrogens is 2. The third-order valence-electron chi connectivity index (χ3n) is 3.38. The van der Waals surface area contributed by atoms with Crippen LogP contribution in [-0.2, 0) is 0 Å². The first-order chi connectivity index (χ1) is 10.3. The molecule has 0 bridgehead atoms. The predicted molar refractivity (Wildman–Crippen MR) is 81.5 cm³/mol. The molecule has 2 heterocycles. The number of para-hydroxylation sites is 1. The third-order valence-corrected chi connectivity index (χ3v) is 3.38. The van der Waals surface area contributed by atoms with Crippen molar-refractivity contribution in [3.05, 3.63) is 71.9 Å². The zero-order valence-electron chi connectivity index (χ0n) is 11.8. The van der Waals surface area contributed by atoms with Gasteiger partial charge in [-0.25, -0.2) is 4.39 Å². The predicted octanol–water partition coefficient (Wildman–Crippen LogP) is 3.47. The minimum atomic E-state index is -0.337. The molecule has 4 heteroatoms. The lowest BCUT2D eigenvalue weighted by Gasteiger charge is -2.18. The molecule has 3 rings (SSSR count). The summed E-state index contributed by atoms with van der Waals surface area (Å²) in [6.07, 6.45) is 2.88. The van der Waals surface area contributed by atoms with Crippen molar-refractivity contribution in [1.82, 2.24) is 15.3 Å². The Kier molecular flexibility index (Phi) is 3.88. The highest BCUT2D eigenvalue weighted by molar-refractivity contribution is 5.78. The quantitative estimate of drug-likeness (QED) is 0.795. The normalized spacial score (nSPS) is 12.5. The van der Waals surface area contributed by atoms with Crippen LogP contribution in [-0.4, -0.2) is 16.5 Å². The molecule has 0 spiro atoms. The number of pyridine rings is 2. The average molecular weight is 281 g/mol. The Hall–Kier alpha value is -2.33. The van der Waals surface area contributed by atoms with E-state index in [1.54, 1.807) is 6.20 Å². The molecule has 1 unspecified atom stereocenters. The van der Waals surface area contributed by atoms with Crippen molar-refractivity contribution in [2.75, 3.05) is 6.54 Å². The molecule has 3 aromatic rings. The first-order valence-electron chi connectivity index (χ1n) is 6.97. The minimum Gasteiger partial charge on any atom is -0.305 e. The second-order valence-electron chi connectivity index (χ2n) is 4.86. The lowest BCUT2D eigenvalue weighted by atomic mass is 10.0. The summed E-state index contributed by atoms with van der Waals surface area (Å²) in [5.74, 6) is -0.337.